The van der Waals surface area contributed by atoms with E-state index in [0.29, 0.717) is 23.7 Å². The molecule has 224 valence electrons. The van der Waals surface area contributed by atoms with Gasteiger partial charge < -0.3 is 18.6 Å². The van der Waals surface area contributed by atoms with Crippen molar-refractivity contribution in [1.82, 2.24) is 5.32 Å². The second-order valence-corrected chi connectivity index (χ2v) is 17.3. The van der Waals surface area contributed by atoms with Gasteiger partial charge in [0.2, 0.25) is 8.32 Å². The topological polar surface area (TPSA) is 83.1 Å². The number of alkyl carbamates (subject to hydrolysis) is 1. The van der Waals surface area contributed by atoms with E-state index in [9.17, 15) is 9.59 Å². The number of amides is 1. The number of benzene rings is 3. The van der Waals surface area contributed by atoms with Crippen molar-refractivity contribution in [3.05, 3.63) is 101 Å². The molecule has 0 aromatic heterocycles. The fourth-order valence-electron chi connectivity index (χ4n) is 3.54. The molecule has 1 amide bonds. The molecule has 0 bridgehead atoms. The van der Waals surface area contributed by atoms with Crippen molar-refractivity contribution in [3.8, 4) is 11.5 Å². The van der Waals surface area contributed by atoms with Crippen molar-refractivity contribution in [2.75, 3.05) is 0 Å². The SMILES string of the molecule is CC(C)(C)OC(=O)NC(=Cc1cc(OCc2ccccc2)cc(O[Si](C)(C)C(C)(C)C)c1)C(=O)OCc1ccccc1. The van der Waals surface area contributed by atoms with Crippen LogP contribution in [0.15, 0.2) is 84.6 Å². The summed E-state index contributed by atoms with van der Waals surface area (Å²) in [5.74, 6) is 0.482. The molecule has 0 spiro atoms. The van der Waals surface area contributed by atoms with Gasteiger partial charge in [-0.25, -0.2) is 9.59 Å². The van der Waals surface area contributed by atoms with Gasteiger partial charge in [0.05, 0.1) is 0 Å². The van der Waals surface area contributed by atoms with Crippen LogP contribution in [0.5, 0.6) is 11.5 Å². The highest BCUT2D eigenvalue weighted by Gasteiger charge is 2.39. The lowest BCUT2D eigenvalue weighted by atomic mass is 10.1. The Morgan fingerprint density at radius 3 is 1.88 bits per heavy atom. The minimum Gasteiger partial charge on any atom is -0.543 e. The fourth-order valence-corrected chi connectivity index (χ4v) is 4.55. The third-order valence-electron chi connectivity index (χ3n) is 6.71. The first-order chi connectivity index (χ1) is 19.6. The van der Waals surface area contributed by atoms with Crippen LogP contribution in [0.25, 0.3) is 6.08 Å². The maximum absolute atomic E-state index is 13.2. The number of ether oxygens (including phenoxy) is 3. The zero-order chi connectivity index (χ0) is 31.0. The molecule has 8 heteroatoms. The van der Waals surface area contributed by atoms with Gasteiger partial charge in [-0.1, -0.05) is 81.4 Å². The molecule has 42 heavy (non-hydrogen) atoms. The number of rotatable bonds is 10. The summed E-state index contributed by atoms with van der Waals surface area (Å²) in [6, 6.07) is 24.7. The van der Waals surface area contributed by atoms with E-state index < -0.39 is 26.0 Å². The first-order valence-corrected chi connectivity index (χ1v) is 17.0. The lowest BCUT2D eigenvalue weighted by Gasteiger charge is -2.36. The highest BCUT2D eigenvalue weighted by molar-refractivity contribution is 6.74. The predicted molar refractivity (Wildman–Crippen MR) is 169 cm³/mol. The summed E-state index contributed by atoms with van der Waals surface area (Å²) in [4.78, 5) is 25.9. The van der Waals surface area contributed by atoms with Gasteiger partial charge in [0.15, 0.2) is 0 Å². The Hall–Kier alpha value is -4.04. The Bertz CT molecular complexity index is 1370. The number of hydrogen-bond donors (Lipinski definition) is 1. The molecule has 0 aliphatic rings. The smallest absolute Gasteiger partial charge is 0.412 e. The lowest BCUT2D eigenvalue weighted by molar-refractivity contribution is -0.140. The average molecular weight is 590 g/mol. The normalized spacial score (nSPS) is 12.3. The Balaban J connectivity index is 1.98. The third kappa shape index (κ3) is 10.4. The van der Waals surface area contributed by atoms with Gasteiger partial charge in [-0.2, -0.15) is 0 Å². The number of nitrogens with one attached hydrogen (secondary N) is 1. The minimum absolute atomic E-state index is 0.0332. The molecule has 0 saturated heterocycles. The first kappa shape index (κ1) is 32.5. The number of hydrogen-bond acceptors (Lipinski definition) is 6. The molecule has 0 saturated carbocycles. The van der Waals surface area contributed by atoms with Gasteiger partial charge >= 0.3 is 12.1 Å². The average Bonchev–Trinajstić information content (AvgIpc) is 2.89. The van der Waals surface area contributed by atoms with Crippen LogP contribution in [0, 0.1) is 0 Å². The van der Waals surface area contributed by atoms with Crippen molar-refractivity contribution in [1.29, 1.82) is 0 Å². The first-order valence-electron chi connectivity index (χ1n) is 14.0. The summed E-state index contributed by atoms with van der Waals surface area (Å²) < 4.78 is 23.7. The molecular formula is C34H43NO6Si. The molecule has 3 aromatic carbocycles. The van der Waals surface area contributed by atoms with Gasteiger partial charge in [0, 0.05) is 6.07 Å². The second kappa shape index (κ2) is 13.7. The van der Waals surface area contributed by atoms with E-state index in [2.05, 4.69) is 39.2 Å². The molecule has 0 radical (unpaired) electrons. The van der Waals surface area contributed by atoms with E-state index >= 15 is 0 Å². The van der Waals surface area contributed by atoms with Gasteiger partial charge in [0.1, 0.15) is 36.0 Å². The van der Waals surface area contributed by atoms with Crippen LogP contribution in [0.2, 0.25) is 18.1 Å². The van der Waals surface area contributed by atoms with E-state index in [1.54, 1.807) is 32.9 Å². The van der Waals surface area contributed by atoms with Crippen molar-refractivity contribution >= 4 is 26.5 Å². The van der Waals surface area contributed by atoms with E-state index in [1.807, 2.05) is 72.8 Å². The molecule has 0 aliphatic heterocycles. The molecule has 3 aromatic rings. The van der Waals surface area contributed by atoms with Gasteiger partial charge in [-0.15, -0.1) is 0 Å². The van der Waals surface area contributed by atoms with Crippen LogP contribution in [0.1, 0.15) is 58.2 Å². The fraction of sp³-hybridized carbons (Fsp3) is 0.353. The van der Waals surface area contributed by atoms with Crippen LogP contribution >= 0.6 is 0 Å². The van der Waals surface area contributed by atoms with E-state index in [1.165, 1.54) is 0 Å². The summed E-state index contributed by atoms with van der Waals surface area (Å²) in [5, 5.41) is 2.55. The zero-order valence-corrected chi connectivity index (χ0v) is 26.9. The molecule has 0 heterocycles. The standard InChI is InChI=1S/C34H43NO6Si/c1-33(2,3)40-32(37)35-30(31(36)39-24-26-17-13-10-14-18-26)21-27-19-28(38-23-25-15-11-9-12-16-25)22-29(20-27)41-42(7,8)34(4,5)6/h9-22H,23-24H2,1-8H3,(H,35,37). The molecular weight excluding hydrogens is 546 g/mol. The van der Waals surface area contributed by atoms with Crippen molar-refractivity contribution < 1.29 is 28.2 Å². The Morgan fingerprint density at radius 2 is 1.33 bits per heavy atom. The quantitative estimate of drug-likeness (QED) is 0.146. The lowest BCUT2D eigenvalue weighted by Crippen LogP contribution is -2.43. The Kier molecular flexibility index (Phi) is 10.6. The minimum atomic E-state index is -2.20. The number of esters is 1. The largest absolute Gasteiger partial charge is 0.543 e. The molecule has 0 atom stereocenters. The van der Waals surface area contributed by atoms with Gasteiger partial charge in [-0.05, 0) is 73.8 Å². The summed E-state index contributed by atoms with van der Waals surface area (Å²) >= 11 is 0. The summed E-state index contributed by atoms with van der Waals surface area (Å²) in [6.45, 7) is 16.5. The summed E-state index contributed by atoms with van der Waals surface area (Å²) in [7, 11) is -2.20. The molecule has 0 fully saturated rings. The highest BCUT2D eigenvalue weighted by Crippen LogP contribution is 2.38. The van der Waals surface area contributed by atoms with Crippen molar-refractivity contribution in [2.24, 2.45) is 0 Å². The Morgan fingerprint density at radius 1 is 0.786 bits per heavy atom. The van der Waals surface area contributed by atoms with Crippen LogP contribution in [0.4, 0.5) is 4.79 Å². The highest BCUT2D eigenvalue weighted by atomic mass is 28.4. The molecule has 0 aliphatic carbocycles. The molecule has 7 nitrogen and oxygen atoms in total. The van der Waals surface area contributed by atoms with Crippen LogP contribution in [-0.2, 0) is 27.5 Å². The summed E-state index contributed by atoms with van der Waals surface area (Å²) in [6.07, 6.45) is 0.783. The van der Waals surface area contributed by atoms with E-state index in [0.717, 1.165) is 11.1 Å². The van der Waals surface area contributed by atoms with E-state index in [-0.39, 0.29) is 17.3 Å². The second-order valence-electron chi connectivity index (χ2n) is 12.6. The van der Waals surface area contributed by atoms with Crippen LogP contribution in [0.3, 0.4) is 0 Å². The van der Waals surface area contributed by atoms with Gasteiger partial charge in [-0.3, -0.25) is 5.32 Å². The molecule has 0 unspecified atom stereocenters. The monoisotopic (exact) mass is 589 g/mol. The van der Waals surface area contributed by atoms with Crippen LogP contribution in [-0.4, -0.2) is 26.0 Å². The van der Waals surface area contributed by atoms with E-state index in [4.69, 9.17) is 18.6 Å². The maximum Gasteiger partial charge on any atom is 0.412 e. The Labute approximate surface area is 251 Å². The van der Waals surface area contributed by atoms with Crippen molar-refractivity contribution in [3.63, 3.8) is 0 Å². The molecule has 3 rings (SSSR count). The van der Waals surface area contributed by atoms with Crippen molar-refractivity contribution in [2.45, 2.75) is 78.5 Å². The maximum atomic E-state index is 13.2. The van der Waals surface area contributed by atoms with Gasteiger partial charge in [0.25, 0.3) is 0 Å². The number of carbonyl (C=O) groups excluding carboxylic acids is 2. The third-order valence-corrected chi connectivity index (χ3v) is 11.1. The molecule has 1 N–H and O–H groups in total. The zero-order valence-electron chi connectivity index (χ0n) is 25.9. The summed E-state index contributed by atoms with van der Waals surface area (Å²) in [5.41, 5.74) is 1.61. The van der Waals surface area contributed by atoms with Crippen LogP contribution < -0.4 is 14.5 Å². The number of carbonyl (C=O) groups is 2. The predicted octanol–water partition coefficient (Wildman–Crippen LogP) is 8.26.